The molecule has 1 aromatic rings. The summed E-state index contributed by atoms with van der Waals surface area (Å²) in [6.07, 6.45) is 1.18. The minimum atomic E-state index is -3.24. The lowest BCUT2D eigenvalue weighted by molar-refractivity contribution is 0.483. The van der Waals surface area contributed by atoms with Crippen molar-refractivity contribution in [1.82, 2.24) is 10.0 Å². The summed E-state index contributed by atoms with van der Waals surface area (Å²) in [6, 6.07) is 4.89. The Balaban J connectivity index is 0.00000220. The SMILES string of the molecule is CCS(=O)(=O)N[C@H]1CCN[C@H]1Cc1cccc(Br)c1F.Cl. The fourth-order valence-electron chi connectivity index (χ4n) is 2.38. The molecule has 1 saturated heterocycles. The smallest absolute Gasteiger partial charge is 0.211 e. The van der Waals surface area contributed by atoms with Crippen LogP contribution in [0.25, 0.3) is 0 Å². The molecule has 1 aliphatic heterocycles. The summed E-state index contributed by atoms with van der Waals surface area (Å²) < 4.78 is 40.4. The van der Waals surface area contributed by atoms with Gasteiger partial charge in [0.05, 0.1) is 10.2 Å². The average Bonchev–Trinajstić information content (AvgIpc) is 2.82. The summed E-state index contributed by atoms with van der Waals surface area (Å²) in [7, 11) is -3.24. The van der Waals surface area contributed by atoms with E-state index in [0.717, 1.165) is 13.0 Å². The maximum absolute atomic E-state index is 14.0. The predicted molar refractivity (Wildman–Crippen MR) is 87.8 cm³/mol. The van der Waals surface area contributed by atoms with Crippen molar-refractivity contribution in [3.8, 4) is 0 Å². The zero-order valence-electron chi connectivity index (χ0n) is 11.6. The van der Waals surface area contributed by atoms with Crippen LogP contribution in [0.3, 0.4) is 0 Å². The van der Waals surface area contributed by atoms with E-state index >= 15 is 0 Å². The summed E-state index contributed by atoms with van der Waals surface area (Å²) in [5, 5.41) is 3.24. The van der Waals surface area contributed by atoms with Gasteiger partial charge in [-0.15, -0.1) is 12.4 Å². The molecule has 0 amide bonds. The minimum absolute atomic E-state index is 0. The third kappa shape index (κ3) is 4.89. The quantitative estimate of drug-likeness (QED) is 0.795. The summed E-state index contributed by atoms with van der Waals surface area (Å²) in [6.45, 7) is 2.34. The summed E-state index contributed by atoms with van der Waals surface area (Å²) >= 11 is 3.16. The summed E-state index contributed by atoms with van der Waals surface area (Å²) in [5.41, 5.74) is 0.583. The predicted octanol–water partition coefficient (Wildman–Crippen LogP) is 2.22. The minimum Gasteiger partial charge on any atom is -0.312 e. The van der Waals surface area contributed by atoms with E-state index in [0.29, 0.717) is 16.5 Å². The number of nitrogens with one attached hydrogen (secondary N) is 2. The fourth-order valence-corrected chi connectivity index (χ4v) is 3.70. The largest absolute Gasteiger partial charge is 0.312 e. The average molecular weight is 402 g/mol. The van der Waals surface area contributed by atoms with Crippen LogP contribution >= 0.6 is 28.3 Å². The maximum atomic E-state index is 14.0. The lowest BCUT2D eigenvalue weighted by Gasteiger charge is -2.21. The van der Waals surface area contributed by atoms with Gasteiger partial charge in [-0.1, -0.05) is 12.1 Å². The Morgan fingerprint density at radius 1 is 1.48 bits per heavy atom. The number of hydrogen-bond donors (Lipinski definition) is 2. The fraction of sp³-hybridized carbons (Fsp3) is 0.538. The number of sulfonamides is 1. The van der Waals surface area contributed by atoms with Crippen molar-refractivity contribution in [2.75, 3.05) is 12.3 Å². The third-order valence-electron chi connectivity index (χ3n) is 3.53. The number of hydrogen-bond acceptors (Lipinski definition) is 3. The molecule has 0 saturated carbocycles. The van der Waals surface area contributed by atoms with E-state index in [1.807, 2.05) is 0 Å². The van der Waals surface area contributed by atoms with Gasteiger partial charge in [0.1, 0.15) is 5.82 Å². The van der Waals surface area contributed by atoms with Gasteiger partial charge in [0.2, 0.25) is 10.0 Å². The van der Waals surface area contributed by atoms with Crippen LogP contribution in [0, 0.1) is 5.82 Å². The van der Waals surface area contributed by atoms with Crippen LogP contribution in [-0.2, 0) is 16.4 Å². The topological polar surface area (TPSA) is 58.2 Å². The van der Waals surface area contributed by atoms with E-state index in [2.05, 4.69) is 26.0 Å². The first kappa shape index (κ1) is 18.8. The standard InChI is InChI=1S/C13H18BrFN2O2S.ClH/c1-2-20(18,19)17-11-6-7-16-12(11)8-9-4-3-5-10(14)13(9)15;/h3-5,11-12,16-17H,2,6-8H2,1H3;1H/t11-,12-;/m0./s1. The van der Waals surface area contributed by atoms with Crippen molar-refractivity contribution < 1.29 is 12.8 Å². The third-order valence-corrected chi connectivity index (χ3v) is 5.56. The van der Waals surface area contributed by atoms with E-state index in [1.165, 1.54) is 0 Å². The van der Waals surface area contributed by atoms with Crippen LogP contribution in [0.1, 0.15) is 18.9 Å². The first-order chi connectivity index (χ1) is 9.43. The van der Waals surface area contributed by atoms with Crippen LogP contribution < -0.4 is 10.0 Å². The highest BCUT2D eigenvalue weighted by Gasteiger charge is 2.30. The zero-order valence-corrected chi connectivity index (χ0v) is 14.8. The maximum Gasteiger partial charge on any atom is 0.211 e. The summed E-state index contributed by atoms with van der Waals surface area (Å²) in [4.78, 5) is 0. The molecule has 1 fully saturated rings. The van der Waals surface area contributed by atoms with Crippen LogP contribution in [0.15, 0.2) is 22.7 Å². The molecule has 4 nitrogen and oxygen atoms in total. The van der Waals surface area contributed by atoms with E-state index in [-0.39, 0.29) is 36.1 Å². The van der Waals surface area contributed by atoms with Crippen LogP contribution in [0.4, 0.5) is 4.39 Å². The van der Waals surface area contributed by atoms with Crippen molar-refractivity contribution in [3.05, 3.63) is 34.1 Å². The van der Waals surface area contributed by atoms with Crippen LogP contribution in [0.5, 0.6) is 0 Å². The number of rotatable bonds is 5. The lowest BCUT2D eigenvalue weighted by Crippen LogP contribution is -2.45. The van der Waals surface area contributed by atoms with Gasteiger partial charge >= 0.3 is 0 Å². The van der Waals surface area contributed by atoms with Crippen LogP contribution in [0.2, 0.25) is 0 Å². The van der Waals surface area contributed by atoms with Crippen LogP contribution in [-0.4, -0.2) is 32.8 Å². The van der Waals surface area contributed by atoms with Gasteiger partial charge < -0.3 is 5.32 Å². The van der Waals surface area contributed by atoms with Gasteiger partial charge in [0.25, 0.3) is 0 Å². The van der Waals surface area contributed by atoms with Gasteiger partial charge in [-0.3, -0.25) is 0 Å². The van der Waals surface area contributed by atoms with Gasteiger partial charge in [-0.2, -0.15) is 0 Å². The molecule has 8 heteroatoms. The summed E-state index contributed by atoms with van der Waals surface area (Å²) in [5.74, 6) is -0.222. The molecule has 1 aliphatic rings. The zero-order chi connectivity index (χ0) is 14.8. The van der Waals surface area contributed by atoms with Crippen molar-refractivity contribution in [3.63, 3.8) is 0 Å². The molecule has 1 aromatic carbocycles. The molecule has 2 N–H and O–H groups in total. The second-order valence-corrected chi connectivity index (χ2v) is 7.79. The van der Waals surface area contributed by atoms with Gasteiger partial charge in [-0.05, 0) is 53.9 Å². The number of benzene rings is 1. The molecule has 120 valence electrons. The molecule has 21 heavy (non-hydrogen) atoms. The number of halogens is 3. The molecule has 2 atom stereocenters. The molecule has 0 aliphatic carbocycles. The molecule has 0 bridgehead atoms. The molecule has 0 radical (unpaired) electrons. The second-order valence-electron chi connectivity index (χ2n) is 4.89. The van der Waals surface area contributed by atoms with E-state index < -0.39 is 10.0 Å². The van der Waals surface area contributed by atoms with Crippen molar-refractivity contribution in [2.45, 2.75) is 31.8 Å². The van der Waals surface area contributed by atoms with Gasteiger partial charge in [0.15, 0.2) is 0 Å². The van der Waals surface area contributed by atoms with Crippen molar-refractivity contribution in [2.24, 2.45) is 0 Å². The molecule has 0 unspecified atom stereocenters. The molecule has 2 rings (SSSR count). The van der Waals surface area contributed by atoms with E-state index in [1.54, 1.807) is 25.1 Å². The Hall–Kier alpha value is -0.210. The highest BCUT2D eigenvalue weighted by molar-refractivity contribution is 9.10. The Kier molecular flexibility index (Phi) is 7.06. The molecular formula is C13H19BrClFN2O2S. The second kappa shape index (κ2) is 7.87. The first-order valence-electron chi connectivity index (χ1n) is 6.59. The van der Waals surface area contributed by atoms with Crippen molar-refractivity contribution >= 4 is 38.4 Å². The monoisotopic (exact) mass is 400 g/mol. The lowest BCUT2D eigenvalue weighted by atomic mass is 10.0. The Labute approximate surface area is 139 Å². The van der Waals surface area contributed by atoms with Crippen molar-refractivity contribution in [1.29, 1.82) is 0 Å². The highest BCUT2D eigenvalue weighted by atomic mass is 79.9. The van der Waals surface area contributed by atoms with Gasteiger partial charge in [0, 0.05) is 12.1 Å². The molecule has 0 aromatic heterocycles. The van der Waals surface area contributed by atoms with E-state index in [9.17, 15) is 12.8 Å². The van der Waals surface area contributed by atoms with E-state index in [4.69, 9.17) is 0 Å². The van der Waals surface area contributed by atoms with Gasteiger partial charge in [-0.25, -0.2) is 17.5 Å². The molecular weight excluding hydrogens is 383 g/mol. The molecule has 0 spiro atoms. The Morgan fingerprint density at radius 3 is 2.86 bits per heavy atom. The Morgan fingerprint density at radius 2 is 2.19 bits per heavy atom. The normalized spacial score (nSPS) is 22.0. The first-order valence-corrected chi connectivity index (χ1v) is 9.03. The Bertz CT molecular complexity index is 586. The highest BCUT2D eigenvalue weighted by Crippen LogP contribution is 2.22. The molecule has 1 heterocycles.